The number of pyridine rings is 1. The average molecular weight is 291 g/mol. The van der Waals surface area contributed by atoms with Gasteiger partial charge in [0, 0.05) is 31.0 Å². The van der Waals surface area contributed by atoms with E-state index in [1.165, 1.54) is 0 Å². The van der Waals surface area contributed by atoms with Crippen LogP contribution in [0, 0.1) is 0 Å². The van der Waals surface area contributed by atoms with Gasteiger partial charge in [-0.05, 0) is 30.7 Å². The first-order valence-corrected chi connectivity index (χ1v) is 6.93. The third-order valence-corrected chi connectivity index (χ3v) is 3.44. The monoisotopic (exact) mass is 290 g/mol. The van der Waals surface area contributed by atoms with E-state index in [9.17, 15) is 4.79 Å². The predicted molar refractivity (Wildman–Crippen MR) is 78.7 cm³/mol. The largest absolute Gasteiger partial charge is 0.430 e. The van der Waals surface area contributed by atoms with Crippen LogP contribution in [0.15, 0.2) is 42.7 Å². The van der Waals surface area contributed by atoms with Crippen molar-refractivity contribution in [3.05, 3.63) is 48.3 Å². The van der Waals surface area contributed by atoms with Crippen LogP contribution in [0.4, 0.5) is 4.79 Å². The molecule has 0 saturated carbocycles. The molecule has 5 heteroatoms. The van der Waals surface area contributed by atoms with E-state index in [1.54, 1.807) is 11.8 Å². The number of nitrogens with zero attached hydrogens (tertiary/aromatic N) is 2. The molecule has 0 aromatic carbocycles. The van der Waals surface area contributed by atoms with Crippen molar-refractivity contribution in [2.75, 3.05) is 13.1 Å². The molecule has 3 heterocycles. The zero-order chi connectivity index (χ0) is 14.1. The second kappa shape index (κ2) is 5.21. The number of hydrogen-bond donors (Lipinski definition) is 0. The van der Waals surface area contributed by atoms with Crippen LogP contribution in [0.25, 0.3) is 11.1 Å². The molecule has 20 heavy (non-hydrogen) atoms. The summed E-state index contributed by atoms with van der Waals surface area (Å²) in [5, 5.41) is 0. The Balaban J connectivity index is 1.79. The maximum atomic E-state index is 11.8. The summed E-state index contributed by atoms with van der Waals surface area (Å²) in [4.78, 5) is 13.5. The first-order chi connectivity index (χ1) is 9.65. The Bertz CT molecular complexity index is 675. The molecule has 0 fully saturated rings. The molecule has 4 nitrogen and oxygen atoms in total. The van der Waals surface area contributed by atoms with Gasteiger partial charge in [-0.3, -0.25) is 0 Å². The molecule has 2 aromatic heterocycles. The zero-order valence-electron chi connectivity index (χ0n) is 11.1. The molecule has 0 N–H and O–H groups in total. The molecule has 1 aliphatic heterocycles. The van der Waals surface area contributed by atoms with Gasteiger partial charge in [0.15, 0.2) is 5.56 Å². The molecule has 0 bridgehead atoms. The predicted octanol–water partition coefficient (Wildman–Crippen LogP) is 3.36. The van der Waals surface area contributed by atoms with E-state index in [1.807, 2.05) is 24.5 Å². The van der Waals surface area contributed by atoms with Crippen molar-refractivity contribution in [1.29, 1.82) is 0 Å². The highest BCUT2D eigenvalue weighted by atomic mass is 35.5. The topological polar surface area (TPSA) is 34.0 Å². The minimum atomic E-state index is -0.609. The van der Waals surface area contributed by atoms with Crippen molar-refractivity contribution < 1.29 is 9.53 Å². The third kappa shape index (κ3) is 2.39. The number of ether oxygens (including phenoxy) is 1. The van der Waals surface area contributed by atoms with E-state index in [0.717, 1.165) is 16.7 Å². The van der Waals surface area contributed by atoms with Crippen LogP contribution < -0.4 is 0 Å². The number of alkyl halides is 1. The summed E-state index contributed by atoms with van der Waals surface area (Å²) in [6.07, 6.45) is 5.72. The Morgan fingerprint density at radius 1 is 1.35 bits per heavy atom. The first kappa shape index (κ1) is 13.1. The molecule has 3 rings (SSSR count). The van der Waals surface area contributed by atoms with Crippen molar-refractivity contribution in [2.45, 2.75) is 12.5 Å². The Labute approximate surface area is 122 Å². The second-order valence-electron chi connectivity index (χ2n) is 4.76. The van der Waals surface area contributed by atoms with Gasteiger partial charge in [0.2, 0.25) is 0 Å². The third-order valence-electron chi connectivity index (χ3n) is 3.35. The van der Waals surface area contributed by atoms with Gasteiger partial charge in [0.25, 0.3) is 0 Å². The van der Waals surface area contributed by atoms with E-state index in [0.29, 0.717) is 13.1 Å². The second-order valence-corrected chi connectivity index (χ2v) is 5.37. The smallest absolute Gasteiger partial charge is 0.411 e. The summed E-state index contributed by atoms with van der Waals surface area (Å²) >= 11 is 5.68. The molecule has 104 valence electrons. The van der Waals surface area contributed by atoms with Gasteiger partial charge in [0.05, 0.1) is 5.52 Å². The fraction of sp³-hybridized carbons (Fsp3) is 0.267. The molecular weight excluding hydrogens is 276 g/mol. The maximum absolute atomic E-state index is 11.8. The molecule has 2 aromatic rings. The van der Waals surface area contributed by atoms with E-state index >= 15 is 0 Å². The van der Waals surface area contributed by atoms with Crippen molar-refractivity contribution in [1.82, 2.24) is 9.30 Å². The fourth-order valence-corrected chi connectivity index (χ4v) is 2.51. The number of hydrogen-bond acceptors (Lipinski definition) is 2. The van der Waals surface area contributed by atoms with Gasteiger partial charge in [0.1, 0.15) is 0 Å². The molecule has 1 amide bonds. The number of carbonyl (C=O) groups is 1. The zero-order valence-corrected chi connectivity index (χ0v) is 11.9. The van der Waals surface area contributed by atoms with Gasteiger partial charge in [-0.2, -0.15) is 0 Å². The Hall–Kier alpha value is -1.94. The minimum Gasteiger partial charge on any atom is -0.430 e. The first-order valence-electron chi connectivity index (χ1n) is 6.50. The van der Waals surface area contributed by atoms with Crippen LogP contribution in [0.1, 0.15) is 12.5 Å². The van der Waals surface area contributed by atoms with Crippen LogP contribution in [0.2, 0.25) is 0 Å². The highest BCUT2D eigenvalue weighted by Crippen LogP contribution is 2.26. The number of rotatable bonds is 2. The van der Waals surface area contributed by atoms with Gasteiger partial charge in [-0.15, -0.1) is 0 Å². The molecular formula is C15H15ClN2O2. The lowest BCUT2D eigenvalue weighted by molar-refractivity contribution is 0.106. The molecule has 0 aliphatic carbocycles. The molecule has 1 atom stereocenters. The van der Waals surface area contributed by atoms with Crippen molar-refractivity contribution in [3.63, 3.8) is 0 Å². The highest BCUT2D eigenvalue weighted by molar-refractivity contribution is 6.19. The van der Waals surface area contributed by atoms with Crippen LogP contribution in [-0.4, -0.2) is 34.0 Å². The number of carbonyl (C=O) groups excluding carboxylic acids is 1. The van der Waals surface area contributed by atoms with Crippen molar-refractivity contribution >= 4 is 28.8 Å². The maximum Gasteiger partial charge on any atom is 0.411 e. The van der Waals surface area contributed by atoms with Crippen molar-refractivity contribution in [2.24, 2.45) is 0 Å². The normalized spacial score (nSPS) is 16.3. The summed E-state index contributed by atoms with van der Waals surface area (Å²) in [6.45, 7) is 2.74. The quantitative estimate of drug-likeness (QED) is 0.795. The van der Waals surface area contributed by atoms with E-state index < -0.39 is 5.56 Å². The SMILES string of the molecule is CC(Cl)OC(=O)N1CC=C(c2ccn3ccccc23)C1. The molecule has 0 radical (unpaired) electrons. The molecule has 0 spiro atoms. The number of fused-ring (bicyclic) bond motifs is 1. The number of halogens is 1. The summed E-state index contributed by atoms with van der Waals surface area (Å²) in [5.41, 5.74) is 2.82. The Kier molecular flexibility index (Phi) is 3.40. The summed E-state index contributed by atoms with van der Waals surface area (Å²) in [6, 6.07) is 8.14. The summed E-state index contributed by atoms with van der Waals surface area (Å²) in [5.74, 6) is 0. The van der Waals surface area contributed by atoms with Crippen LogP contribution in [0.3, 0.4) is 0 Å². The van der Waals surface area contributed by atoms with E-state index in [-0.39, 0.29) is 6.09 Å². The lowest BCUT2D eigenvalue weighted by Gasteiger charge is -2.17. The van der Waals surface area contributed by atoms with Gasteiger partial charge >= 0.3 is 6.09 Å². The Morgan fingerprint density at radius 3 is 3.00 bits per heavy atom. The molecule has 1 unspecified atom stereocenters. The van der Waals surface area contributed by atoms with Crippen LogP contribution in [-0.2, 0) is 4.74 Å². The highest BCUT2D eigenvalue weighted by Gasteiger charge is 2.23. The minimum absolute atomic E-state index is 0.373. The van der Waals surface area contributed by atoms with Gasteiger partial charge in [-0.25, -0.2) is 4.79 Å². The van der Waals surface area contributed by atoms with Gasteiger partial charge < -0.3 is 14.0 Å². The molecule has 0 saturated heterocycles. The summed E-state index contributed by atoms with van der Waals surface area (Å²) < 4.78 is 7.07. The van der Waals surface area contributed by atoms with E-state index in [4.69, 9.17) is 16.3 Å². The number of amides is 1. The molecule has 1 aliphatic rings. The fourth-order valence-electron chi connectivity index (χ4n) is 2.43. The van der Waals surface area contributed by atoms with Crippen LogP contribution in [0.5, 0.6) is 0 Å². The van der Waals surface area contributed by atoms with Crippen molar-refractivity contribution in [3.8, 4) is 0 Å². The lowest BCUT2D eigenvalue weighted by Crippen LogP contribution is -2.30. The van der Waals surface area contributed by atoms with Gasteiger partial charge in [-0.1, -0.05) is 23.7 Å². The average Bonchev–Trinajstić information content (AvgIpc) is 3.04. The standard InChI is InChI=1S/C15H15ClN2O2/c1-11(16)20-15(19)18-8-5-12(10-18)13-6-9-17-7-3-2-4-14(13)17/h2-7,9,11H,8,10H2,1H3. The van der Waals surface area contributed by atoms with E-state index in [2.05, 4.69) is 22.6 Å². The summed E-state index contributed by atoms with van der Waals surface area (Å²) in [7, 11) is 0. The van der Waals surface area contributed by atoms with Crippen LogP contribution >= 0.6 is 11.6 Å². The number of aromatic nitrogens is 1. The lowest BCUT2D eigenvalue weighted by atomic mass is 10.1. The Morgan fingerprint density at radius 2 is 2.20 bits per heavy atom.